The molecule has 1 atom stereocenters. The Bertz CT molecular complexity index is 1110. The van der Waals surface area contributed by atoms with Gasteiger partial charge in [-0.25, -0.2) is 8.42 Å². The normalized spacial score (nSPS) is 17.0. The van der Waals surface area contributed by atoms with Crippen molar-refractivity contribution in [1.82, 2.24) is 4.31 Å². The SMILES string of the molecule is COc1ccc(S(=O)(=O)N2CCC[C@H](C(=O)Nc3cc(OC)c(Cl)cc3OC)C2)cc1C. The van der Waals surface area contributed by atoms with E-state index in [0.29, 0.717) is 47.3 Å². The summed E-state index contributed by atoms with van der Waals surface area (Å²) in [6.07, 6.45) is 1.15. The second kappa shape index (κ2) is 9.97. The number of amides is 1. The van der Waals surface area contributed by atoms with Gasteiger partial charge in [0.05, 0.1) is 42.9 Å². The Morgan fingerprint density at radius 3 is 2.38 bits per heavy atom. The number of halogens is 1. The van der Waals surface area contributed by atoms with Gasteiger partial charge in [0.25, 0.3) is 0 Å². The summed E-state index contributed by atoms with van der Waals surface area (Å²) in [6.45, 7) is 2.24. The molecule has 1 aliphatic heterocycles. The lowest BCUT2D eigenvalue weighted by molar-refractivity contribution is -0.120. The van der Waals surface area contributed by atoms with Gasteiger partial charge in [0, 0.05) is 25.2 Å². The molecule has 174 valence electrons. The van der Waals surface area contributed by atoms with Crippen molar-refractivity contribution < 1.29 is 27.4 Å². The average Bonchev–Trinajstić information content (AvgIpc) is 2.79. The summed E-state index contributed by atoms with van der Waals surface area (Å²) in [5.74, 6) is 0.596. The first-order valence-electron chi connectivity index (χ1n) is 10.1. The number of nitrogens with one attached hydrogen (secondary N) is 1. The molecule has 0 unspecified atom stereocenters. The van der Waals surface area contributed by atoms with Crippen LogP contribution in [0.25, 0.3) is 0 Å². The van der Waals surface area contributed by atoms with Crippen molar-refractivity contribution in [2.45, 2.75) is 24.7 Å². The van der Waals surface area contributed by atoms with Crippen molar-refractivity contribution in [1.29, 1.82) is 0 Å². The molecule has 2 aromatic rings. The van der Waals surface area contributed by atoms with Gasteiger partial charge in [-0.1, -0.05) is 11.6 Å². The fourth-order valence-corrected chi connectivity index (χ4v) is 5.57. The minimum Gasteiger partial charge on any atom is -0.496 e. The van der Waals surface area contributed by atoms with E-state index < -0.39 is 15.9 Å². The number of anilines is 1. The first-order valence-corrected chi connectivity index (χ1v) is 11.9. The van der Waals surface area contributed by atoms with Gasteiger partial charge in [-0.05, 0) is 43.5 Å². The summed E-state index contributed by atoms with van der Waals surface area (Å²) in [5, 5.41) is 3.18. The van der Waals surface area contributed by atoms with Gasteiger partial charge in [0.1, 0.15) is 17.2 Å². The Morgan fingerprint density at radius 2 is 1.75 bits per heavy atom. The van der Waals surface area contributed by atoms with Crippen LogP contribution in [0.15, 0.2) is 35.2 Å². The predicted molar refractivity (Wildman–Crippen MR) is 122 cm³/mol. The Hall–Kier alpha value is -2.49. The highest BCUT2D eigenvalue weighted by Gasteiger charge is 2.34. The largest absolute Gasteiger partial charge is 0.496 e. The van der Waals surface area contributed by atoms with Crippen molar-refractivity contribution in [3.05, 3.63) is 40.9 Å². The quantitative estimate of drug-likeness (QED) is 0.646. The van der Waals surface area contributed by atoms with E-state index in [4.69, 9.17) is 25.8 Å². The molecular formula is C22H27ClN2O6S. The monoisotopic (exact) mass is 482 g/mol. The maximum Gasteiger partial charge on any atom is 0.243 e. The number of nitrogens with zero attached hydrogens (tertiary/aromatic N) is 1. The van der Waals surface area contributed by atoms with Crippen molar-refractivity contribution in [2.24, 2.45) is 5.92 Å². The molecule has 32 heavy (non-hydrogen) atoms. The van der Waals surface area contributed by atoms with Crippen molar-refractivity contribution in [2.75, 3.05) is 39.7 Å². The number of methoxy groups -OCH3 is 3. The highest BCUT2D eigenvalue weighted by Crippen LogP contribution is 2.36. The van der Waals surface area contributed by atoms with E-state index in [1.54, 1.807) is 31.2 Å². The van der Waals surface area contributed by atoms with Gasteiger partial charge in [0.2, 0.25) is 15.9 Å². The van der Waals surface area contributed by atoms with Crippen LogP contribution in [0.2, 0.25) is 5.02 Å². The van der Waals surface area contributed by atoms with Crippen molar-refractivity contribution in [3.63, 3.8) is 0 Å². The second-order valence-electron chi connectivity index (χ2n) is 7.51. The lowest BCUT2D eigenvalue weighted by Crippen LogP contribution is -2.43. The van der Waals surface area contributed by atoms with E-state index >= 15 is 0 Å². The first-order chi connectivity index (χ1) is 15.2. The molecule has 1 amide bonds. The molecule has 1 fully saturated rings. The van der Waals surface area contributed by atoms with Gasteiger partial charge in [-0.15, -0.1) is 0 Å². The molecule has 1 heterocycles. The molecule has 10 heteroatoms. The van der Waals surface area contributed by atoms with Gasteiger partial charge in [-0.3, -0.25) is 4.79 Å². The van der Waals surface area contributed by atoms with Crippen molar-refractivity contribution in [3.8, 4) is 17.2 Å². The molecule has 0 aliphatic carbocycles. The third-order valence-corrected chi connectivity index (χ3v) is 7.65. The standard InChI is InChI=1S/C22H27ClN2O6S/c1-14-10-16(7-8-19(14)29-2)32(27,28)25-9-5-6-15(13-25)22(26)24-18-12-20(30-3)17(23)11-21(18)31-4/h7-8,10-12,15H,5-6,9,13H2,1-4H3,(H,24,26)/t15-/m0/s1. The third kappa shape index (κ3) is 4.95. The van der Waals surface area contributed by atoms with Crippen LogP contribution in [0, 0.1) is 12.8 Å². The summed E-state index contributed by atoms with van der Waals surface area (Å²) in [7, 11) is 0.743. The number of rotatable bonds is 7. The lowest BCUT2D eigenvalue weighted by atomic mass is 9.98. The molecule has 3 rings (SSSR count). The van der Waals surface area contributed by atoms with Gasteiger partial charge in [0.15, 0.2) is 0 Å². The fraction of sp³-hybridized carbons (Fsp3) is 0.409. The molecule has 1 aliphatic rings. The molecule has 1 N–H and O–H groups in total. The summed E-state index contributed by atoms with van der Waals surface area (Å²) in [6, 6.07) is 7.88. The molecule has 2 aromatic carbocycles. The van der Waals surface area contributed by atoms with E-state index in [0.717, 1.165) is 5.56 Å². The number of hydrogen-bond donors (Lipinski definition) is 1. The summed E-state index contributed by atoms with van der Waals surface area (Å²) >= 11 is 6.12. The topological polar surface area (TPSA) is 94.2 Å². The van der Waals surface area contributed by atoms with Crippen LogP contribution in [0.5, 0.6) is 17.2 Å². The van der Waals surface area contributed by atoms with Crippen LogP contribution < -0.4 is 19.5 Å². The summed E-state index contributed by atoms with van der Waals surface area (Å²) in [5.41, 5.74) is 1.13. The zero-order valence-electron chi connectivity index (χ0n) is 18.5. The number of carbonyl (C=O) groups excluding carboxylic acids is 1. The molecular weight excluding hydrogens is 456 g/mol. The lowest BCUT2D eigenvalue weighted by Gasteiger charge is -2.31. The molecule has 0 radical (unpaired) electrons. The van der Waals surface area contributed by atoms with E-state index in [1.165, 1.54) is 31.7 Å². The molecule has 0 bridgehead atoms. The summed E-state index contributed by atoms with van der Waals surface area (Å²) < 4.78 is 43.5. The van der Waals surface area contributed by atoms with E-state index in [2.05, 4.69) is 5.32 Å². The number of piperidine rings is 1. The van der Waals surface area contributed by atoms with E-state index in [-0.39, 0.29) is 17.3 Å². The Kier molecular flexibility index (Phi) is 7.53. The molecule has 0 aromatic heterocycles. The van der Waals surface area contributed by atoms with Crippen LogP contribution in [-0.2, 0) is 14.8 Å². The van der Waals surface area contributed by atoms with Crippen LogP contribution in [-0.4, -0.2) is 53.0 Å². The molecule has 0 saturated carbocycles. The van der Waals surface area contributed by atoms with Crippen LogP contribution in [0.4, 0.5) is 5.69 Å². The highest BCUT2D eigenvalue weighted by molar-refractivity contribution is 7.89. The van der Waals surface area contributed by atoms with Crippen LogP contribution >= 0.6 is 11.6 Å². The molecule has 1 saturated heterocycles. The smallest absolute Gasteiger partial charge is 0.243 e. The number of aryl methyl sites for hydroxylation is 1. The van der Waals surface area contributed by atoms with E-state index in [1.807, 2.05) is 0 Å². The van der Waals surface area contributed by atoms with Crippen LogP contribution in [0.1, 0.15) is 18.4 Å². The second-order valence-corrected chi connectivity index (χ2v) is 9.86. The average molecular weight is 483 g/mol. The number of hydrogen-bond acceptors (Lipinski definition) is 6. The van der Waals surface area contributed by atoms with E-state index in [9.17, 15) is 13.2 Å². The maximum atomic E-state index is 13.2. The number of sulfonamides is 1. The fourth-order valence-electron chi connectivity index (χ4n) is 3.73. The number of carbonyl (C=O) groups is 1. The Morgan fingerprint density at radius 1 is 1.06 bits per heavy atom. The number of benzene rings is 2. The Labute approximate surface area is 193 Å². The van der Waals surface area contributed by atoms with Gasteiger partial charge >= 0.3 is 0 Å². The zero-order chi connectivity index (χ0) is 23.5. The Balaban J connectivity index is 1.79. The van der Waals surface area contributed by atoms with Crippen LogP contribution in [0.3, 0.4) is 0 Å². The van der Waals surface area contributed by atoms with Gasteiger partial charge < -0.3 is 19.5 Å². The van der Waals surface area contributed by atoms with Gasteiger partial charge in [-0.2, -0.15) is 4.31 Å². The highest BCUT2D eigenvalue weighted by atomic mass is 35.5. The van der Waals surface area contributed by atoms with Crippen molar-refractivity contribution >= 4 is 33.2 Å². The minimum absolute atomic E-state index is 0.0896. The first kappa shape index (κ1) is 24.2. The number of ether oxygens (including phenoxy) is 3. The minimum atomic E-state index is -3.74. The molecule has 8 nitrogen and oxygen atoms in total. The third-order valence-electron chi connectivity index (χ3n) is 5.49. The summed E-state index contributed by atoms with van der Waals surface area (Å²) in [4.78, 5) is 13.2. The predicted octanol–water partition coefficient (Wildman–Crippen LogP) is 3.71. The zero-order valence-corrected chi connectivity index (χ0v) is 20.0. The maximum absolute atomic E-state index is 13.2. The molecule has 0 spiro atoms.